The first-order valence-electron chi connectivity index (χ1n) is 1.41. The van der Waals surface area contributed by atoms with Crippen molar-refractivity contribution >= 4 is 43.4 Å². The summed E-state index contributed by atoms with van der Waals surface area (Å²) in [6.07, 6.45) is 0. The second kappa shape index (κ2) is 49.7. The Balaban J connectivity index is -0.0000000257. The minimum atomic E-state index is -1.75. The van der Waals surface area contributed by atoms with Crippen molar-refractivity contribution in [2.75, 3.05) is 0 Å². The SMILES string of the molecule is O=[PH2][O-].O=[PH2][O-].O=[PH2][O-].[Al+3]. The van der Waals surface area contributed by atoms with Crippen LogP contribution in [0.4, 0.5) is 0 Å². The van der Waals surface area contributed by atoms with Gasteiger partial charge in [0, 0.05) is 0 Å². The number of hydrogen-bond acceptors (Lipinski definition) is 6. The van der Waals surface area contributed by atoms with Crippen LogP contribution < -0.4 is 14.7 Å². The van der Waals surface area contributed by atoms with E-state index in [1.165, 1.54) is 0 Å². The van der Waals surface area contributed by atoms with Crippen LogP contribution in [0.25, 0.3) is 0 Å². The molecule has 0 bridgehead atoms. The molecule has 10 heteroatoms. The molecular formula is H6AlO6P3. The molecule has 0 aliphatic rings. The molecule has 0 heterocycles. The van der Waals surface area contributed by atoms with Crippen molar-refractivity contribution in [3.05, 3.63) is 0 Å². The first-order chi connectivity index (χ1) is 4.24. The van der Waals surface area contributed by atoms with Gasteiger partial charge in [0.1, 0.15) is 0 Å². The van der Waals surface area contributed by atoms with Crippen LogP contribution in [0.2, 0.25) is 0 Å². The van der Waals surface area contributed by atoms with Crippen LogP contribution in [0.15, 0.2) is 0 Å². The minimum Gasteiger partial charge on any atom is -0.804 e. The van der Waals surface area contributed by atoms with Gasteiger partial charge in [-0.3, -0.25) is 0 Å². The van der Waals surface area contributed by atoms with Crippen LogP contribution in [0, 0.1) is 0 Å². The molecule has 0 rings (SSSR count). The van der Waals surface area contributed by atoms with Crippen LogP contribution in [0.5, 0.6) is 0 Å². The summed E-state index contributed by atoms with van der Waals surface area (Å²) in [6, 6.07) is 0. The van der Waals surface area contributed by atoms with Gasteiger partial charge in [-0.05, 0) is 26.1 Å². The fourth-order valence-corrected chi connectivity index (χ4v) is 0. The van der Waals surface area contributed by atoms with Gasteiger partial charge in [-0.1, -0.05) is 0 Å². The zero-order chi connectivity index (χ0) is 8.12. The van der Waals surface area contributed by atoms with Gasteiger partial charge in [-0.25, -0.2) is 0 Å². The quantitative estimate of drug-likeness (QED) is 0.312. The molecule has 0 radical (unpaired) electrons. The molecule has 3 atom stereocenters. The molecule has 0 aromatic carbocycles. The van der Waals surface area contributed by atoms with Gasteiger partial charge in [0.15, 0.2) is 0 Å². The van der Waals surface area contributed by atoms with Crippen LogP contribution in [0.1, 0.15) is 0 Å². The molecule has 6 nitrogen and oxygen atoms in total. The maximum atomic E-state index is 8.46. The van der Waals surface area contributed by atoms with Gasteiger partial charge < -0.3 is 28.4 Å². The zero-order valence-electron chi connectivity index (χ0n) is 4.76. The van der Waals surface area contributed by atoms with E-state index >= 15 is 0 Å². The Morgan fingerprint density at radius 2 is 0.700 bits per heavy atom. The summed E-state index contributed by atoms with van der Waals surface area (Å²) in [5.74, 6) is 0. The van der Waals surface area contributed by atoms with Gasteiger partial charge in [0.25, 0.3) is 0 Å². The molecule has 0 saturated carbocycles. The molecule has 3 unspecified atom stereocenters. The van der Waals surface area contributed by atoms with E-state index in [1.807, 2.05) is 0 Å². The van der Waals surface area contributed by atoms with E-state index in [2.05, 4.69) is 0 Å². The molecule has 60 valence electrons. The van der Waals surface area contributed by atoms with Crippen LogP contribution in [-0.4, -0.2) is 17.4 Å². The Labute approximate surface area is 72.3 Å². The average Bonchev–Trinajstić information content (AvgIpc) is 1.70. The summed E-state index contributed by atoms with van der Waals surface area (Å²) >= 11 is 0. The summed E-state index contributed by atoms with van der Waals surface area (Å²) in [7, 11) is -5.25. The van der Waals surface area contributed by atoms with E-state index in [9.17, 15) is 0 Å². The normalized spacial score (nSPS) is 8.70. The largest absolute Gasteiger partial charge is 3.00 e. The summed E-state index contributed by atoms with van der Waals surface area (Å²) in [6.45, 7) is 0. The maximum absolute atomic E-state index is 8.46. The van der Waals surface area contributed by atoms with Crippen LogP contribution >= 0.6 is 26.1 Å². The summed E-state index contributed by atoms with van der Waals surface area (Å²) in [4.78, 5) is 25.4. The molecule has 0 aliphatic carbocycles. The second-order valence-electron chi connectivity index (χ2n) is 0.289. The predicted molar refractivity (Wildman–Crippen MR) is 36.9 cm³/mol. The van der Waals surface area contributed by atoms with Crippen LogP contribution in [0.3, 0.4) is 0 Å². The van der Waals surface area contributed by atoms with Gasteiger partial charge in [0.2, 0.25) is 0 Å². The monoisotopic (exact) mass is 222 g/mol. The summed E-state index contributed by atoms with van der Waals surface area (Å²) in [5.41, 5.74) is 0. The van der Waals surface area contributed by atoms with Crippen molar-refractivity contribution in [1.82, 2.24) is 0 Å². The summed E-state index contributed by atoms with van der Waals surface area (Å²) < 4.78 is 25.4. The Morgan fingerprint density at radius 1 is 0.700 bits per heavy atom. The minimum absolute atomic E-state index is 0. The molecule has 0 spiro atoms. The Hall–Kier alpha value is 1.10. The third-order valence-electron chi connectivity index (χ3n) is 0. The van der Waals surface area contributed by atoms with Crippen molar-refractivity contribution in [2.24, 2.45) is 0 Å². The fraction of sp³-hybridized carbons (Fsp3) is 0. The zero-order valence-corrected chi connectivity index (χ0v) is 9.38. The molecule has 0 aliphatic heterocycles. The van der Waals surface area contributed by atoms with Gasteiger partial charge in [-0.15, -0.1) is 0 Å². The van der Waals surface area contributed by atoms with E-state index in [0.717, 1.165) is 0 Å². The molecular weight excluding hydrogens is 216 g/mol. The van der Waals surface area contributed by atoms with E-state index in [0.29, 0.717) is 0 Å². The Bertz CT molecular complexity index is 49.7. The first kappa shape index (κ1) is 22.5. The number of hydrogen-bond donors (Lipinski definition) is 0. The van der Waals surface area contributed by atoms with Gasteiger partial charge >= 0.3 is 17.4 Å². The van der Waals surface area contributed by atoms with Gasteiger partial charge in [0.05, 0.1) is 0 Å². The van der Waals surface area contributed by atoms with Crippen molar-refractivity contribution in [3.8, 4) is 0 Å². The number of rotatable bonds is 0. The molecule has 0 fully saturated rings. The van der Waals surface area contributed by atoms with E-state index in [1.54, 1.807) is 0 Å². The van der Waals surface area contributed by atoms with Gasteiger partial charge in [-0.2, -0.15) is 0 Å². The Kier molecular flexibility index (Phi) is 112. The third-order valence-corrected chi connectivity index (χ3v) is 0. The van der Waals surface area contributed by atoms with Crippen molar-refractivity contribution in [3.63, 3.8) is 0 Å². The fourth-order valence-electron chi connectivity index (χ4n) is 0. The van der Waals surface area contributed by atoms with Crippen molar-refractivity contribution in [2.45, 2.75) is 0 Å². The second-order valence-corrected chi connectivity index (χ2v) is 0.866. The van der Waals surface area contributed by atoms with Crippen molar-refractivity contribution < 1.29 is 28.4 Å². The molecule has 0 aromatic heterocycles. The van der Waals surface area contributed by atoms with E-state index in [-0.39, 0.29) is 17.4 Å². The molecule has 0 N–H and O–H groups in total. The smallest absolute Gasteiger partial charge is 0.804 e. The van der Waals surface area contributed by atoms with E-state index in [4.69, 9.17) is 28.4 Å². The maximum Gasteiger partial charge on any atom is 3.00 e. The van der Waals surface area contributed by atoms with E-state index < -0.39 is 26.1 Å². The summed E-state index contributed by atoms with van der Waals surface area (Å²) in [5, 5.41) is 0. The Morgan fingerprint density at radius 3 is 0.700 bits per heavy atom. The van der Waals surface area contributed by atoms with Crippen molar-refractivity contribution in [1.29, 1.82) is 0 Å². The first-order valence-corrected chi connectivity index (χ1v) is 4.24. The third kappa shape index (κ3) is 492. The predicted octanol–water partition coefficient (Wildman–Crippen LogP) is -3.33. The topological polar surface area (TPSA) is 120 Å². The molecule has 0 amide bonds. The van der Waals surface area contributed by atoms with Crippen LogP contribution in [-0.2, 0) is 13.7 Å². The molecule has 0 saturated heterocycles. The standard InChI is InChI=1S/Al.3H3O2P/c;3*1-3-2/h;3*3H2,(H,1,2)/q+3;;;/p-3. The molecule has 0 aromatic rings. The molecule has 10 heavy (non-hydrogen) atoms. The average molecular weight is 222 g/mol.